The number of aromatic nitrogens is 1. The second-order valence-corrected chi connectivity index (χ2v) is 15.8. The summed E-state index contributed by atoms with van der Waals surface area (Å²) >= 11 is 0. The standard InChI is InChI=1S/C29H27N2O.C15H28O2.Ir/c1-28(2,3)16-23-21-9-7-6-8-19(21)14-22-26-25-20(10-11-31-26)12-18(15-29(4,5)17-30)13-24(25)32-27(22)23;1-7-12(8-2)13(16)11(5)14(17)15(6,9-3)10-4;/h6-13H,15-16H2,1-5H3;12,16H,7-10H2,1-6H3;/q-1;;/b;13-11-;. The van der Waals surface area contributed by atoms with E-state index < -0.39 is 5.41 Å². The molecule has 5 rings (SSSR count). The minimum absolute atomic E-state index is 0. The zero-order chi connectivity index (χ0) is 36.3. The summed E-state index contributed by atoms with van der Waals surface area (Å²) in [5.74, 6) is 2.21. The molecule has 0 fully saturated rings. The molecule has 0 aliphatic carbocycles. The van der Waals surface area contributed by atoms with Gasteiger partial charge in [-0.3, -0.25) is 9.78 Å². The number of carbonyl (C=O) groups is 1. The van der Waals surface area contributed by atoms with Gasteiger partial charge in [0.15, 0.2) is 5.78 Å². The van der Waals surface area contributed by atoms with Crippen LogP contribution in [0, 0.1) is 39.6 Å². The zero-order valence-electron chi connectivity index (χ0n) is 31.9. The van der Waals surface area contributed by atoms with Crippen LogP contribution in [0.4, 0.5) is 0 Å². The first-order valence-corrected chi connectivity index (χ1v) is 18.0. The van der Waals surface area contributed by atoms with Crippen LogP contribution in [-0.2, 0) is 37.7 Å². The number of hydrogen-bond acceptors (Lipinski definition) is 5. The van der Waals surface area contributed by atoms with E-state index in [1.165, 1.54) is 10.9 Å². The Morgan fingerprint density at radius 3 is 2.20 bits per heavy atom. The first-order chi connectivity index (χ1) is 23.0. The van der Waals surface area contributed by atoms with Crippen LogP contribution in [0.2, 0.25) is 0 Å². The number of carbonyl (C=O) groups excluding carboxylic acids is 1. The van der Waals surface area contributed by atoms with E-state index in [2.05, 4.69) is 69.3 Å². The van der Waals surface area contributed by atoms with Crippen LogP contribution in [-0.4, -0.2) is 15.9 Å². The SMILES string of the molecule is CC(C)(C)Cc1c2c([c-]c3ccccc13)-c1nccc3cc(CC(C)(C)C#N)cc(c13)O2.CCC(CC)/C(O)=C(\C)C(=O)C(C)(CC)CC.[Ir]. The largest absolute Gasteiger partial charge is 0.512 e. The molecule has 1 aliphatic rings. The van der Waals surface area contributed by atoms with Gasteiger partial charge >= 0.3 is 0 Å². The number of nitrogens with zero attached hydrogens (tertiary/aromatic N) is 2. The fourth-order valence-electron chi connectivity index (χ4n) is 6.80. The maximum Gasteiger partial charge on any atom is 0.167 e. The molecule has 2 heterocycles. The summed E-state index contributed by atoms with van der Waals surface area (Å²) < 4.78 is 6.67. The van der Waals surface area contributed by atoms with E-state index in [1.54, 1.807) is 6.92 Å². The first kappa shape index (κ1) is 40.9. The Morgan fingerprint density at radius 2 is 1.62 bits per heavy atom. The summed E-state index contributed by atoms with van der Waals surface area (Å²) in [5, 5.41) is 24.1. The molecule has 1 aliphatic heterocycles. The predicted octanol–water partition coefficient (Wildman–Crippen LogP) is 12.3. The third-order valence-electron chi connectivity index (χ3n) is 10.2. The van der Waals surface area contributed by atoms with Gasteiger partial charge in [0.05, 0.1) is 17.2 Å². The van der Waals surface area contributed by atoms with Crippen LogP contribution in [0.5, 0.6) is 11.5 Å². The number of Topliss-reactive ketones (excluding diaryl/α,β-unsaturated/α-hetero) is 1. The van der Waals surface area contributed by atoms with Crippen molar-refractivity contribution >= 4 is 27.3 Å². The van der Waals surface area contributed by atoms with Gasteiger partial charge in [-0.15, -0.1) is 17.5 Å². The maximum absolute atomic E-state index is 12.4. The van der Waals surface area contributed by atoms with Crippen LogP contribution in [0.1, 0.15) is 113 Å². The van der Waals surface area contributed by atoms with Crippen molar-refractivity contribution in [2.75, 3.05) is 0 Å². The van der Waals surface area contributed by atoms with Crippen molar-refractivity contribution in [1.29, 1.82) is 5.26 Å². The molecule has 0 unspecified atom stereocenters. The minimum Gasteiger partial charge on any atom is -0.512 e. The smallest absolute Gasteiger partial charge is 0.167 e. The summed E-state index contributed by atoms with van der Waals surface area (Å²) in [6.45, 7) is 22.6. The Kier molecular flexibility index (Phi) is 13.3. The van der Waals surface area contributed by atoms with E-state index in [4.69, 9.17) is 9.72 Å². The Hall–Kier alpha value is -3.52. The fraction of sp³-hybridized carbons (Fsp3) is 0.477. The number of fused-ring (bicyclic) bond motifs is 3. The summed E-state index contributed by atoms with van der Waals surface area (Å²) in [6.07, 6.45) is 6.80. The Bertz CT molecular complexity index is 1920. The minimum atomic E-state index is -0.440. The van der Waals surface area contributed by atoms with E-state index in [0.29, 0.717) is 17.8 Å². The third-order valence-corrected chi connectivity index (χ3v) is 10.2. The number of ketones is 1. The molecular weight excluding hydrogens is 797 g/mol. The molecule has 269 valence electrons. The van der Waals surface area contributed by atoms with Gasteiger partial charge in [0.25, 0.3) is 0 Å². The normalized spacial score (nSPS) is 13.0. The van der Waals surface area contributed by atoms with Crippen molar-refractivity contribution in [3.05, 3.63) is 77.2 Å². The Morgan fingerprint density at radius 1 is 0.980 bits per heavy atom. The number of nitriles is 1. The van der Waals surface area contributed by atoms with Gasteiger partial charge in [-0.25, -0.2) is 0 Å². The number of aliphatic hydroxyl groups is 1. The first-order valence-electron chi connectivity index (χ1n) is 18.0. The van der Waals surface area contributed by atoms with E-state index in [0.717, 1.165) is 76.6 Å². The van der Waals surface area contributed by atoms with Crippen LogP contribution < -0.4 is 4.74 Å². The molecule has 1 aromatic heterocycles. The van der Waals surface area contributed by atoms with Gasteiger partial charge in [0.2, 0.25) is 0 Å². The molecule has 0 atom stereocenters. The van der Waals surface area contributed by atoms with E-state index in [-0.39, 0.29) is 42.6 Å². The average Bonchev–Trinajstić information content (AvgIpc) is 3.07. The van der Waals surface area contributed by atoms with Crippen LogP contribution in [0.15, 0.2) is 60.0 Å². The molecule has 0 saturated carbocycles. The van der Waals surface area contributed by atoms with Crippen molar-refractivity contribution in [3.63, 3.8) is 0 Å². The zero-order valence-corrected chi connectivity index (χ0v) is 34.3. The number of benzene rings is 3. The van der Waals surface area contributed by atoms with E-state index >= 15 is 0 Å². The summed E-state index contributed by atoms with van der Waals surface area (Å²) in [6, 6.07) is 20.7. The van der Waals surface area contributed by atoms with Crippen LogP contribution >= 0.6 is 0 Å². The van der Waals surface area contributed by atoms with E-state index in [1.807, 2.05) is 60.7 Å². The van der Waals surface area contributed by atoms with Gasteiger partial charge in [-0.2, -0.15) is 5.26 Å². The molecule has 1 radical (unpaired) electrons. The number of allylic oxidation sites excluding steroid dienone is 2. The van der Waals surface area contributed by atoms with Gasteiger partial charge in [0.1, 0.15) is 11.5 Å². The van der Waals surface area contributed by atoms with Crippen molar-refractivity contribution in [1.82, 2.24) is 4.98 Å². The van der Waals surface area contributed by atoms with E-state index in [9.17, 15) is 15.2 Å². The summed E-state index contributed by atoms with van der Waals surface area (Å²) in [4.78, 5) is 17.2. The Balaban J connectivity index is 0.000000323. The molecule has 3 aromatic carbocycles. The quantitative estimate of drug-likeness (QED) is 0.0860. The van der Waals surface area contributed by atoms with Gasteiger partial charge < -0.3 is 9.84 Å². The number of rotatable bonds is 10. The fourth-order valence-corrected chi connectivity index (χ4v) is 6.80. The number of aliphatic hydroxyl groups excluding tert-OH is 1. The van der Waals surface area contributed by atoms with Gasteiger partial charge in [-0.05, 0) is 87.8 Å². The maximum atomic E-state index is 12.4. The monoisotopic (exact) mass is 852 g/mol. The third kappa shape index (κ3) is 8.67. The second-order valence-electron chi connectivity index (χ2n) is 15.8. The van der Waals surface area contributed by atoms with Crippen molar-refractivity contribution < 1.29 is 34.7 Å². The molecule has 0 spiro atoms. The summed E-state index contributed by atoms with van der Waals surface area (Å²) in [7, 11) is 0. The van der Waals surface area contributed by atoms with Crippen molar-refractivity contribution in [3.8, 4) is 28.8 Å². The van der Waals surface area contributed by atoms with Crippen molar-refractivity contribution in [2.24, 2.45) is 22.2 Å². The summed E-state index contributed by atoms with van der Waals surface area (Å²) in [5.41, 5.74) is 4.05. The Labute approximate surface area is 313 Å². The second kappa shape index (κ2) is 16.2. The van der Waals surface area contributed by atoms with Gasteiger partial charge in [-0.1, -0.05) is 96.2 Å². The predicted molar refractivity (Wildman–Crippen MR) is 203 cm³/mol. The van der Waals surface area contributed by atoms with Crippen LogP contribution in [0.25, 0.3) is 32.8 Å². The molecule has 1 N–H and O–H groups in total. The van der Waals surface area contributed by atoms with Crippen LogP contribution in [0.3, 0.4) is 0 Å². The van der Waals surface area contributed by atoms with Gasteiger partial charge in [0, 0.05) is 54.3 Å². The average molecular weight is 852 g/mol. The number of hydrogen-bond donors (Lipinski definition) is 1. The molecule has 0 saturated heterocycles. The molecule has 50 heavy (non-hydrogen) atoms. The molecule has 0 bridgehead atoms. The topological polar surface area (TPSA) is 83.2 Å². The molecule has 4 aromatic rings. The molecule has 5 nitrogen and oxygen atoms in total. The molecular formula is C44H55IrN2O3-. The van der Waals surface area contributed by atoms with Crippen molar-refractivity contribution in [2.45, 2.75) is 115 Å². The molecule has 6 heteroatoms. The number of pyridine rings is 1. The number of ether oxygens (including phenoxy) is 1. The molecule has 0 amide bonds.